The van der Waals surface area contributed by atoms with Crippen molar-refractivity contribution in [1.29, 1.82) is 0 Å². The van der Waals surface area contributed by atoms with Crippen molar-refractivity contribution in [3.63, 3.8) is 0 Å². The van der Waals surface area contributed by atoms with Crippen LogP contribution in [0.15, 0.2) is 91.0 Å². The number of rotatable bonds is 8. The Hall–Kier alpha value is -2.28. The Morgan fingerprint density at radius 3 is 1.76 bits per heavy atom. The molecule has 4 rings (SSSR count). The highest BCUT2D eigenvalue weighted by molar-refractivity contribution is 6.74. The maximum absolute atomic E-state index is 7.01. The van der Waals surface area contributed by atoms with E-state index in [1.807, 2.05) is 5.23 Å². The molecule has 0 saturated carbocycles. The summed E-state index contributed by atoms with van der Waals surface area (Å²) in [6.45, 7) is 17.4. The van der Waals surface area contributed by atoms with E-state index in [-0.39, 0.29) is 22.7 Å². The molecule has 0 N–H and O–H groups in total. The van der Waals surface area contributed by atoms with Gasteiger partial charge in [0.25, 0.3) is 0 Å². The average Bonchev–Trinajstić information content (AvgIpc) is 2.84. The molecule has 1 aliphatic rings. The second-order valence-corrected chi connectivity index (χ2v) is 17.2. The summed E-state index contributed by atoms with van der Waals surface area (Å²) >= 11 is 0. The molecule has 37 heavy (non-hydrogen) atoms. The second kappa shape index (κ2) is 11.2. The number of hydrogen-bond acceptors (Lipinski definition) is 4. The number of nitrogens with zero attached hydrogens (tertiary/aromatic N) is 2. The Labute approximate surface area is 225 Å². The maximum atomic E-state index is 7.01. The molecule has 1 saturated heterocycles. The topological polar surface area (TPSA) is 24.9 Å². The molecular weight excluding hydrogens is 472 g/mol. The van der Waals surface area contributed by atoms with Crippen molar-refractivity contribution >= 4 is 8.32 Å². The normalized spacial score (nSPS) is 20.8. The molecule has 1 aliphatic heterocycles. The molecule has 0 unspecified atom stereocenters. The van der Waals surface area contributed by atoms with Crippen LogP contribution in [-0.2, 0) is 22.5 Å². The van der Waals surface area contributed by atoms with E-state index in [4.69, 9.17) is 9.36 Å². The van der Waals surface area contributed by atoms with Gasteiger partial charge in [0.1, 0.15) is 6.17 Å². The lowest BCUT2D eigenvalue weighted by Gasteiger charge is -2.53. The molecule has 1 fully saturated rings. The lowest BCUT2D eigenvalue weighted by Crippen LogP contribution is -2.61. The molecule has 0 aromatic heterocycles. The van der Waals surface area contributed by atoms with Gasteiger partial charge in [0.15, 0.2) is 0 Å². The highest BCUT2D eigenvalue weighted by Gasteiger charge is 2.49. The minimum Gasteiger partial charge on any atom is -0.319 e. The third-order valence-corrected chi connectivity index (χ3v) is 12.1. The standard InChI is InChI=1S/C32H44N2O2Si/c1-31(2,3)37(6,7)36-34-30(29(23-32(4,5)35-34)28-21-15-10-16-22-28)33(24-26-17-11-8-12-18-26)25-27-19-13-9-14-20-27/h8-22,29-30H,23-25H2,1-7H3/t29-,30+/m1/s1. The van der Waals surface area contributed by atoms with Crippen LogP contribution in [0.1, 0.15) is 63.6 Å². The smallest absolute Gasteiger partial charge is 0.223 e. The third-order valence-electron chi connectivity index (χ3n) is 7.81. The molecule has 3 aromatic carbocycles. The van der Waals surface area contributed by atoms with Gasteiger partial charge in [0.05, 0.1) is 5.60 Å². The van der Waals surface area contributed by atoms with Gasteiger partial charge in [-0.15, -0.1) is 0 Å². The number of hydrogen-bond donors (Lipinski definition) is 0. The van der Waals surface area contributed by atoms with E-state index < -0.39 is 8.32 Å². The fraction of sp³-hybridized carbons (Fsp3) is 0.438. The summed E-state index contributed by atoms with van der Waals surface area (Å²) in [4.78, 5) is 9.26. The van der Waals surface area contributed by atoms with Crippen molar-refractivity contribution in [2.75, 3.05) is 0 Å². The van der Waals surface area contributed by atoms with Crippen LogP contribution in [0.2, 0.25) is 18.1 Å². The zero-order valence-corrected chi connectivity index (χ0v) is 24.6. The Bertz CT molecular complexity index is 1070. The van der Waals surface area contributed by atoms with Gasteiger partial charge in [-0.2, -0.15) is 0 Å². The largest absolute Gasteiger partial charge is 0.319 e. The van der Waals surface area contributed by atoms with Crippen LogP contribution in [-0.4, -0.2) is 30.2 Å². The van der Waals surface area contributed by atoms with Crippen molar-refractivity contribution < 1.29 is 9.36 Å². The molecular formula is C32H44N2O2Si. The van der Waals surface area contributed by atoms with Crippen molar-refractivity contribution in [3.05, 3.63) is 108 Å². The summed E-state index contributed by atoms with van der Waals surface area (Å²) in [5, 5.41) is 1.96. The molecule has 0 spiro atoms. The first kappa shape index (κ1) is 27.7. The maximum Gasteiger partial charge on any atom is 0.223 e. The summed E-state index contributed by atoms with van der Waals surface area (Å²) in [5.41, 5.74) is 3.52. The van der Waals surface area contributed by atoms with Crippen LogP contribution in [0.4, 0.5) is 0 Å². The van der Waals surface area contributed by atoms with E-state index >= 15 is 0 Å². The third kappa shape index (κ3) is 6.98. The van der Waals surface area contributed by atoms with E-state index in [0.29, 0.717) is 0 Å². The Morgan fingerprint density at radius 2 is 1.30 bits per heavy atom. The lowest BCUT2D eigenvalue weighted by atomic mass is 9.83. The molecule has 2 atom stereocenters. The minimum absolute atomic E-state index is 0.0500. The molecule has 1 heterocycles. The Balaban J connectivity index is 1.81. The molecule has 0 radical (unpaired) electrons. The molecule has 3 aromatic rings. The predicted octanol–water partition coefficient (Wildman–Crippen LogP) is 8.15. The summed E-state index contributed by atoms with van der Waals surface area (Å²) in [6, 6.07) is 32.4. The van der Waals surface area contributed by atoms with Gasteiger partial charge in [-0.25, -0.2) is 0 Å². The van der Waals surface area contributed by atoms with Gasteiger partial charge in [-0.3, -0.25) is 9.74 Å². The van der Waals surface area contributed by atoms with Crippen molar-refractivity contribution in [2.45, 2.75) is 89.9 Å². The first-order valence-corrected chi connectivity index (χ1v) is 16.4. The second-order valence-electron chi connectivity index (χ2n) is 12.5. The van der Waals surface area contributed by atoms with E-state index in [2.05, 4.69) is 144 Å². The first-order valence-electron chi connectivity index (χ1n) is 13.5. The van der Waals surface area contributed by atoms with Crippen molar-refractivity contribution in [2.24, 2.45) is 0 Å². The van der Waals surface area contributed by atoms with Gasteiger partial charge in [-0.1, -0.05) is 117 Å². The van der Waals surface area contributed by atoms with Crippen LogP contribution in [0.25, 0.3) is 0 Å². The molecule has 198 valence electrons. The fourth-order valence-corrected chi connectivity index (χ4v) is 5.68. The van der Waals surface area contributed by atoms with Gasteiger partial charge >= 0.3 is 0 Å². The zero-order valence-electron chi connectivity index (χ0n) is 23.6. The average molecular weight is 517 g/mol. The van der Waals surface area contributed by atoms with Gasteiger partial charge < -0.3 is 4.53 Å². The first-order chi connectivity index (χ1) is 17.5. The lowest BCUT2D eigenvalue weighted by molar-refractivity contribution is -0.430. The van der Waals surface area contributed by atoms with Gasteiger partial charge in [0, 0.05) is 19.0 Å². The predicted molar refractivity (Wildman–Crippen MR) is 155 cm³/mol. The van der Waals surface area contributed by atoms with Crippen LogP contribution in [0.5, 0.6) is 0 Å². The fourth-order valence-electron chi connectivity index (χ4n) is 4.81. The highest BCUT2D eigenvalue weighted by Crippen LogP contribution is 2.45. The van der Waals surface area contributed by atoms with E-state index in [9.17, 15) is 0 Å². The molecule has 0 amide bonds. The van der Waals surface area contributed by atoms with Crippen molar-refractivity contribution in [1.82, 2.24) is 10.1 Å². The van der Waals surface area contributed by atoms with Crippen LogP contribution in [0.3, 0.4) is 0 Å². The zero-order chi connectivity index (χ0) is 26.7. The van der Waals surface area contributed by atoms with Crippen LogP contribution in [0, 0.1) is 0 Å². The summed E-state index contributed by atoms with van der Waals surface area (Å²) < 4.78 is 7.01. The monoisotopic (exact) mass is 516 g/mol. The summed E-state index contributed by atoms with van der Waals surface area (Å²) in [7, 11) is -2.18. The Kier molecular flexibility index (Phi) is 8.41. The van der Waals surface area contributed by atoms with E-state index in [1.165, 1.54) is 16.7 Å². The molecule has 4 nitrogen and oxygen atoms in total. The molecule has 5 heteroatoms. The van der Waals surface area contributed by atoms with Crippen LogP contribution < -0.4 is 0 Å². The number of benzene rings is 3. The number of hydroxylamine groups is 2. The van der Waals surface area contributed by atoms with E-state index in [0.717, 1.165) is 19.5 Å². The minimum atomic E-state index is -2.18. The Morgan fingerprint density at radius 1 is 0.838 bits per heavy atom. The summed E-state index contributed by atoms with van der Waals surface area (Å²) in [5.74, 6) is 0.210. The van der Waals surface area contributed by atoms with Crippen molar-refractivity contribution in [3.8, 4) is 0 Å². The molecule has 0 aliphatic carbocycles. The summed E-state index contributed by atoms with van der Waals surface area (Å²) in [6.07, 6.45) is 0.809. The van der Waals surface area contributed by atoms with Crippen LogP contribution >= 0.6 is 0 Å². The quantitative estimate of drug-likeness (QED) is 0.282. The van der Waals surface area contributed by atoms with Gasteiger partial charge in [0.2, 0.25) is 8.32 Å². The SMILES string of the molecule is CC1(C)C[C@H](c2ccccc2)[C@@H](N(Cc2ccccc2)Cc2ccccc2)N(O[Si](C)(C)C(C)(C)C)O1. The highest BCUT2D eigenvalue weighted by atomic mass is 28.4. The van der Waals surface area contributed by atoms with Gasteiger partial charge in [-0.05, 0) is 55.1 Å². The molecule has 0 bridgehead atoms. The van der Waals surface area contributed by atoms with E-state index in [1.54, 1.807) is 0 Å².